The molecule has 0 aromatic carbocycles. The zero-order valence-corrected chi connectivity index (χ0v) is 17.2. The van der Waals surface area contributed by atoms with E-state index < -0.39 is 0 Å². The van der Waals surface area contributed by atoms with Gasteiger partial charge in [-0.1, -0.05) is 20.3 Å². The Bertz CT molecular complexity index is 491. The summed E-state index contributed by atoms with van der Waals surface area (Å²) in [7, 11) is 1.99. The predicted molar refractivity (Wildman–Crippen MR) is 105 cm³/mol. The molecule has 0 aliphatic carbocycles. The Balaban J connectivity index is 0.00000264. The molecule has 0 bridgehead atoms. The summed E-state index contributed by atoms with van der Waals surface area (Å²) in [5.41, 5.74) is 0. The van der Waals surface area contributed by atoms with Crippen LogP contribution in [0, 0.1) is 12.8 Å². The fraction of sp³-hybridized carbons (Fsp3) is 0.812. The molecule has 2 rings (SSSR count). The summed E-state index contributed by atoms with van der Waals surface area (Å²) in [4.78, 5) is 7.18. The molecule has 0 atom stereocenters. The fourth-order valence-electron chi connectivity index (χ4n) is 2.60. The maximum Gasteiger partial charge on any atom is 0.194 e. The molecule has 1 saturated heterocycles. The van der Waals surface area contributed by atoms with E-state index in [1.54, 1.807) is 0 Å². The second-order valence-corrected chi connectivity index (χ2v) is 6.31. The molecule has 0 spiro atoms. The van der Waals surface area contributed by atoms with Crippen molar-refractivity contribution < 1.29 is 0 Å². The van der Waals surface area contributed by atoms with Crippen LogP contribution in [-0.2, 0) is 13.6 Å². The number of guanidine groups is 1. The Morgan fingerprint density at radius 3 is 2.57 bits per heavy atom. The van der Waals surface area contributed by atoms with Crippen LogP contribution in [0.1, 0.15) is 51.2 Å². The molecule has 7 heteroatoms. The molecule has 0 amide bonds. The molecule has 1 N–H and O–H groups in total. The van der Waals surface area contributed by atoms with Crippen molar-refractivity contribution in [2.75, 3.05) is 19.6 Å². The third-order valence-electron chi connectivity index (χ3n) is 4.45. The van der Waals surface area contributed by atoms with Crippen molar-refractivity contribution in [3.63, 3.8) is 0 Å². The van der Waals surface area contributed by atoms with Gasteiger partial charge in [-0.05, 0) is 32.1 Å². The molecule has 2 heterocycles. The maximum absolute atomic E-state index is 4.80. The number of aryl methyl sites for hydroxylation is 1. The highest BCUT2D eigenvalue weighted by Gasteiger charge is 2.18. The monoisotopic (exact) mass is 434 g/mol. The first-order valence-electron chi connectivity index (χ1n) is 8.50. The molecule has 1 fully saturated rings. The van der Waals surface area contributed by atoms with E-state index in [2.05, 4.69) is 34.3 Å². The molecule has 132 valence electrons. The summed E-state index contributed by atoms with van der Waals surface area (Å²) in [6.45, 7) is 10.3. The number of rotatable bonds is 5. The van der Waals surface area contributed by atoms with Gasteiger partial charge in [0, 0.05) is 26.7 Å². The Morgan fingerprint density at radius 1 is 1.30 bits per heavy atom. The van der Waals surface area contributed by atoms with E-state index in [9.17, 15) is 0 Å². The van der Waals surface area contributed by atoms with Gasteiger partial charge in [-0.2, -0.15) is 0 Å². The predicted octanol–water partition coefficient (Wildman–Crippen LogP) is 2.72. The van der Waals surface area contributed by atoms with Crippen LogP contribution in [0.15, 0.2) is 4.99 Å². The summed E-state index contributed by atoms with van der Waals surface area (Å²) >= 11 is 0. The van der Waals surface area contributed by atoms with Crippen molar-refractivity contribution in [2.45, 2.75) is 53.0 Å². The average Bonchev–Trinajstić information content (AvgIpc) is 2.83. The number of likely N-dealkylation sites (tertiary alicyclic amines) is 1. The number of hydrogen-bond acceptors (Lipinski definition) is 3. The van der Waals surface area contributed by atoms with Crippen molar-refractivity contribution in [1.82, 2.24) is 25.0 Å². The van der Waals surface area contributed by atoms with Gasteiger partial charge in [0.25, 0.3) is 0 Å². The summed E-state index contributed by atoms with van der Waals surface area (Å²) in [5.74, 6) is 3.70. The van der Waals surface area contributed by atoms with Crippen molar-refractivity contribution in [3.8, 4) is 0 Å². The molecule has 1 aliphatic rings. The number of halogens is 1. The zero-order valence-electron chi connectivity index (χ0n) is 14.9. The van der Waals surface area contributed by atoms with Crippen LogP contribution in [0.5, 0.6) is 0 Å². The largest absolute Gasteiger partial charge is 0.356 e. The molecular weight excluding hydrogens is 403 g/mol. The van der Waals surface area contributed by atoms with E-state index >= 15 is 0 Å². The average molecular weight is 434 g/mol. The molecule has 1 aliphatic heterocycles. The Morgan fingerprint density at radius 2 is 2.00 bits per heavy atom. The quantitative estimate of drug-likeness (QED) is 0.335. The topological polar surface area (TPSA) is 58.3 Å². The number of unbranched alkanes of at least 4 members (excludes halogenated alkanes) is 1. The second-order valence-electron chi connectivity index (χ2n) is 6.31. The lowest BCUT2D eigenvalue weighted by Gasteiger charge is -2.33. The Kier molecular flexibility index (Phi) is 8.86. The van der Waals surface area contributed by atoms with Crippen LogP contribution in [0.3, 0.4) is 0 Å². The van der Waals surface area contributed by atoms with Crippen molar-refractivity contribution >= 4 is 29.9 Å². The maximum atomic E-state index is 4.80. The van der Waals surface area contributed by atoms with Gasteiger partial charge >= 0.3 is 0 Å². The minimum Gasteiger partial charge on any atom is -0.356 e. The fourth-order valence-corrected chi connectivity index (χ4v) is 2.60. The summed E-state index contributed by atoms with van der Waals surface area (Å²) in [6.07, 6.45) is 4.86. The van der Waals surface area contributed by atoms with Gasteiger partial charge in [-0.3, -0.25) is 0 Å². The summed E-state index contributed by atoms with van der Waals surface area (Å²) in [6, 6.07) is 0. The van der Waals surface area contributed by atoms with Gasteiger partial charge in [-0.15, -0.1) is 34.2 Å². The smallest absolute Gasteiger partial charge is 0.194 e. The van der Waals surface area contributed by atoms with E-state index in [-0.39, 0.29) is 24.0 Å². The highest BCUT2D eigenvalue weighted by atomic mass is 127. The van der Waals surface area contributed by atoms with E-state index in [1.807, 2.05) is 18.5 Å². The Labute approximate surface area is 157 Å². The lowest BCUT2D eigenvalue weighted by Crippen LogP contribution is -2.45. The number of aromatic nitrogens is 3. The molecule has 23 heavy (non-hydrogen) atoms. The zero-order chi connectivity index (χ0) is 15.9. The lowest BCUT2D eigenvalue weighted by atomic mass is 10.00. The van der Waals surface area contributed by atoms with Gasteiger partial charge in [0.05, 0.1) is 0 Å². The molecule has 0 unspecified atom stereocenters. The van der Waals surface area contributed by atoms with E-state index in [0.717, 1.165) is 43.2 Å². The van der Waals surface area contributed by atoms with Crippen LogP contribution in [0.4, 0.5) is 0 Å². The van der Waals surface area contributed by atoms with Crippen LogP contribution < -0.4 is 5.32 Å². The first-order valence-corrected chi connectivity index (χ1v) is 8.50. The highest BCUT2D eigenvalue weighted by Crippen LogP contribution is 2.16. The van der Waals surface area contributed by atoms with E-state index in [4.69, 9.17) is 4.99 Å². The summed E-state index contributed by atoms with van der Waals surface area (Å²) < 4.78 is 2.01. The number of nitrogens with zero attached hydrogens (tertiary/aromatic N) is 5. The lowest BCUT2D eigenvalue weighted by molar-refractivity contribution is 0.273. The standard InChI is InChI=1S/C16H30N6.HI/c1-5-6-9-17-16(22-10-7-13(2)8-11-22)18-12-15-20-19-14(3)21(15)4;/h13H,5-12H2,1-4H3,(H,17,18);1H. The summed E-state index contributed by atoms with van der Waals surface area (Å²) in [5, 5.41) is 11.8. The van der Waals surface area contributed by atoms with Crippen LogP contribution in [0.25, 0.3) is 0 Å². The molecule has 6 nitrogen and oxygen atoms in total. The number of hydrogen-bond donors (Lipinski definition) is 1. The van der Waals surface area contributed by atoms with Crippen LogP contribution in [0.2, 0.25) is 0 Å². The first-order chi connectivity index (χ1) is 10.6. The van der Waals surface area contributed by atoms with Crippen LogP contribution >= 0.6 is 24.0 Å². The van der Waals surface area contributed by atoms with Gasteiger partial charge in [0.2, 0.25) is 0 Å². The van der Waals surface area contributed by atoms with Gasteiger partial charge < -0.3 is 14.8 Å². The Hall–Kier alpha value is -0.860. The van der Waals surface area contributed by atoms with Crippen molar-refractivity contribution in [1.29, 1.82) is 0 Å². The van der Waals surface area contributed by atoms with E-state index in [1.165, 1.54) is 25.7 Å². The normalized spacial score (nSPS) is 16.3. The third kappa shape index (κ3) is 5.93. The molecule has 1 aromatic rings. The third-order valence-corrected chi connectivity index (χ3v) is 4.45. The molecule has 1 aromatic heterocycles. The first kappa shape index (κ1) is 20.2. The van der Waals surface area contributed by atoms with Gasteiger partial charge in [-0.25, -0.2) is 4.99 Å². The van der Waals surface area contributed by atoms with Gasteiger partial charge in [0.1, 0.15) is 12.4 Å². The van der Waals surface area contributed by atoms with E-state index in [0.29, 0.717) is 6.54 Å². The molecule has 0 radical (unpaired) electrons. The second kappa shape index (κ2) is 10.1. The number of piperidine rings is 1. The highest BCUT2D eigenvalue weighted by molar-refractivity contribution is 14.0. The minimum atomic E-state index is 0. The number of nitrogens with one attached hydrogen (secondary N) is 1. The molecule has 0 saturated carbocycles. The minimum absolute atomic E-state index is 0. The number of aliphatic imine (C=N–C) groups is 1. The van der Waals surface area contributed by atoms with Gasteiger partial charge in [0.15, 0.2) is 11.8 Å². The van der Waals surface area contributed by atoms with Crippen molar-refractivity contribution in [3.05, 3.63) is 11.6 Å². The SMILES string of the molecule is CCCCNC(=NCc1nnc(C)n1C)N1CCC(C)CC1.I. The molecular formula is C16H31IN6. The van der Waals surface area contributed by atoms with Crippen LogP contribution in [-0.4, -0.2) is 45.3 Å². The van der Waals surface area contributed by atoms with Crippen molar-refractivity contribution in [2.24, 2.45) is 18.0 Å².